The summed E-state index contributed by atoms with van der Waals surface area (Å²) < 4.78 is 5.31. The van der Waals surface area contributed by atoms with Crippen molar-refractivity contribution in [3.05, 3.63) is 43.0 Å². The van der Waals surface area contributed by atoms with Crippen molar-refractivity contribution in [1.82, 2.24) is 5.32 Å². The van der Waals surface area contributed by atoms with Gasteiger partial charge in [-0.3, -0.25) is 0 Å². The van der Waals surface area contributed by atoms with E-state index in [1.807, 2.05) is 51.1 Å². The van der Waals surface area contributed by atoms with Gasteiger partial charge < -0.3 is 15.4 Å². The van der Waals surface area contributed by atoms with Gasteiger partial charge in [-0.2, -0.15) is 0 Å². The van der Waals surface area contributed by atoms with Gasteiger partial charge >= 0.3 is 6.03 Å². The molecular formula is C19H32N2O2. The zero-order chi connectivity index (χ0) is 17.5. The summed E-state index contributed by atoms with van der Waals surface area (Å²) in [5.74, 6) is 0. The van der Waals surface area contributed by atoms with Crippen LogP contribution < -0.4 is 10.6 Å². The van der Waals surface area contributed by atoms with E-state index in [0.29, 0.717) is 6.10 Å². The smallest absolute Gasteiger partial charge is 0.319 e. The van der Waals surface area contributed by atoms with Crippen molar-refractivity contribution in [1.29, 1.82) is 0 Å². The van der Waals surface area contributed by atoms with Crippen LogP contribution in [-0.4, -0.2) is 25.3 Å². The highest BCUT2D eigenvalue weighted by Crippen LogP contribution is 2.20. The fourth-order valence-corrected chi connectivity index (χ4v) is 2.32. The molecule has 0 saturated heterocycles. The summed E-state index contributed by atoms with van der Waals surface area (Å²) in [5.41, 5.74) is 0.820. The number of rotatable bonds is 3. The van der Waals surface area contributed by atoms with Crippen LogP contribution in [0.3, 0.4) is 0 Å². The van der Waals surface area contributed by atoms with Crippen molar-refractivity contribution in [3.8, 4) is 0 Å². The lowest BCUT2D eigenvalue weighted by molar-refractivity contribution is 0.0638. The molecule has 0 aliphatic heterocycles. The Morgan fingerprint density at radius 1 is 1.17 bits per heavy atom. The predicted molar refractivity (Wildman–Crippen MR) is 98.9 cm³/mol. The summed E-state index contributed by atoms with van der Waals surface area (Å²) in [4.78, 5) is 11.8. The standard InChI is InChI=1S/C14H20N2O2.C3H6.C2H6/c1-18-13-9-7-12(8-10-13)16-14(17)15-11-5-3-2-4-6-11;1-3-2;1-2/h2-6,12-13H,7-10H2,1H3,(H2,15,16,17);3H,1H2,2H3;1-2H3. The van der Waals surface area contributed by atoms with Gasteiger partial charge in [0.2, 0.25) is 0 Å². The summed E-state index contributed by atoms with van der Waals surface area (Å²) in [6.07, 6.45) is 6.13. The molecule has 0 radical (unpaired) electrons. The number of carbonyl (C=O) groups excluding carboxylic acids is 1. The zero-order valence-electron chi connectivity index (χ0n) is 15.0. The van der Waals surface area contributed by atoms with Gasteiger partial charge in [-0.15, -0.1) is 6.58 Å². The second-order valence-electron chi connectivity index (χ2n) is 5.08. The van der Waals surface area contributed by atoms with Crippen LogP contribution in [0.2, 0.25) is 0 Å². The number of urea groups is 1. The van der Waals surface area contributed by atoms with E-state index in [2.05, 4.69) is 17.2 Å². The number of hydrogen-bond donors (Lipinski definition) is 2. The lowest BCUT2D eigenvalue weighted by Gasteiger charge is -2.28. The first-order valence-corrected chi connectivity index (χ1v) is 8.42. The third-order valence-corrected chi connectivity index (χ3v) is 3.37. The number of benzene rings is 1. The fourth-order valence-electron chi connectivity index (χ4n) is 2.32. The lowest BCUT2D eigenvalue weighted by atomic mass is 9.93. The van der Waals surface area contributed by atoms with E-state index < -0.39 is 0 Å². The minimum atomic E-state index is -0.123. The van der Waals surface area contributed by atoms with Crippen molar-refractivity contribution in [3.63, 3.8) is 0 Å². The van der Waals surface area contributed by atoms with E-state index in [1.54, 1.807) is 13.2 Å². The number of allylic oxidation sites excluding steroid dienone is 1. The number of nitrogens with one attached hydrogen (secondary N) is 2. The van der Waals surface area contributed by atoms with Crippen LogP contribution in [0.1, 0.15) is 46.5 Å². The van der Waals surface area contributed by atoms with Crippen LogP contribution in [0.15, 0.2) is 43.0 Å². The van der Waals surface area contributed by atoms with Crippen LogP contribution in [0, 0.1) is 0 Å². The minimum Gasteiger partial charge on any atom is -0.381 e. The average molecular weight is 320 g/mol. The molecule has 0 unspecified atom stereocenters. The van der Waals surface area contributed by atoms with Crippen molar-refractivity contribution >= 4 is 11.7 Å². The third kappa shape index (κ3) is 9.74. The fraction of sp³-hybridized carbons (Fsp3) is 0.526. The van der Waals surface area contributed by atoms with Crippen LogP contribution in [0.5, 0.6) is 0 Å². The second kappa shape index (κ2) is 13.8. The first kappa shape index (κ1) is 21.2. The Hall–Kier alpha value is -1.81. The molecule has 1 fully saturated rings. The molecule has 1 aromatic rings. The van der Waals surface area contributed by atoms with Crippen molar-refractivity contribution in [2.75, 3.05) is 12.4 Å². The summed E-state index contributed by atoms with van der Waals surface area (Å²) in [6, 6.07) is 9.62. The zero-order valence-corrected chi connectivity index (χ0v) is 15.0. The molecule has 2 N–H and O–H groups in total. The van der Waals surface area contributed by atoms with Crippen molar-refractivity contribution in [2.24, 2.45) is 0 Å². The SMILES string of the molecule is C=CC.CC.COC1CCC(NC(=O)Nc2ccccc2)CC1. The molecule has 0 heterocycles. The topological polar surface area (TPSA) is 50.4 Å². The second-order valence-corrected chi connectivity index (χ2v) is 5.08. The summed E-state index contributed by atoms with van der Waals surface area (Å²) in [5, 5.41) is 5.84. The molecule has 23 heavy (non-hydrogen) atoms. The predicted octanol–water partition coefficient (Wildman–Crippen LogP) is 4.98. The molecule has 1 saturated carbocycles. The molecule has 2 amide bonds. The molecule has 1 aromatic carbocycles. The minimum absolute atomic E-state index is 0.123. The molecule has 0 aromatic heterocycles. The summed E-state index contributed by atoms with van der Waals surface area (Å²) in [6.45, 7) is 9.25. The molecule has 4 heteroatoms. The Labute approximate surface area is 141 Å². The monoisotopic (exact) mass is 320 g/mol. The molecule has 0 bridgehead atoms. The first-order valence-electron chi connectivity index (χ1n) is 8.42. The Bertz CT molecular complexity index is 413. The number of amides is 2. The largest absolute Gasteiger partial charge is 0.381 e. The Morgan fingerprint density at radius 2 is 1.70 bits per heavy atom. The highest BCUT2D eigenvalue weighted by atomic mass is 16.5. The summed E-state index contributed by atoms with van der Waals surface area (Å²) in [7, 11) is 1.75. The lowest BCUT2D eigenvalue weighted by Crippen LogP contribution is -2.41. The van der Waals surface area contributed by atoms with E-state index in [9.17, 15) is 4.79 Å². The molecule has 1 aliphatic carbocycles. The average Bonchev–Trinajstić information content (AvgIpc) is 2.59. The van der Waals surface area contributed by atoms with E-state index in [0.717, 1.165) is 31.4 Å². The van der Waals surface area contributed by atoms with E-state index in [-0.39, 0.29) is 12.1 Å². The molecule has 0 spiro atoms. The molecule has 0 atom stereocenters. The Morgan fingerprint density at radius 3 is 2.17 bits per heavy atom. The molecule has 1 aliphatic rings. The Kier molecular flexibility index (Phi) is 12.7. The van der Waals surface area contributed by atoms with Crippen LogP contribution >= 0.6 is 0 Å². The van der Waals surface area contributed by atoms with Gasteiger partial charge in [0, 0.05) is 18.8 Å². The van der Waals surface area contributed by atoms with Gasteiger partial charge in [0.15, 0.2) is 0 Å². The van der Waals surface area contributed by atoms with Gasteiger partial charge in [-0.1, -0.05) is 38.1 Å². The van der Waals surface area contributed by atoms with Crippen molar-refractivity contribution < 1.29 is 9.53 Å². The van der Waals surface area contributed by atoms with Crippen LogP contribution in [0.4, 0.5) is 10.5 Å². The molecule has 4 nitrogen and oxygen atoms in total. The number of methoxy groups -OCH3 is 1. The summed E-state index contributed by atoms with van der Waals surface area (Å²) >= 11 is 0. The quantitative estimate of drug-likeness (QED) is 0.771. The first-order chi connectivity index (χ1) is 11.2. The van der Waals surface area contributed by atoms with Gasteiger partial charge in [0.1, 0.15) is 0 Å². The normalized spacial score (nSPS) is 19.1. The maximum absolute atomic E-state index is 11.8. The van der Waals surface area contributed by atoms with Crippen molar-refractivity contribution in [2.45, 2.75) is 58.6 Å². The van der Waals surface area contributed by atoms with Gasteiger partial charge in [-0.05, 0) is 44.7 Å². The van der Waals surface area contributed by atoms with E-state index in [1.165, 1.54) is 0 Å². The van der Waals surface area contributed by atoms with Gasteiger partial charge in [0.05, 0.1) is 6.10 Å². The number of para-hydroxylation sites is 1. The van der Waals surface area contributed by atoms with Crippen LogP contribution in [0.25, 0.3) is 0 Å². The number of anilines is 1. The number of ether oxygens (including phenoxy) is 1. The maximum Gasteiger partial charge on any atom is 0.319 e. The third-order valence-electron chi connectivity index (χ3n) is 3.37. The van der Waals surface area contributed by atoms with Gasteiger partial charge in [0.25, 0.3) is 0 Å². The molecule has 2 rings (SSSR count). The number of carbonyl (C=O) groups is 1. The highest BCUT2D eigenvalue weighted by Gasteiger charge is 2.21. The van der Waals surface area contributed by atoms with E-state index in [4.69, 9.17) is 4.74 Å². The van der Waals surface area contributed by atoms with Crippen LogP contribution in [-0.2, 0) is 4.74 Å². The Balaban J connectivity index is 0.000000868. The number of hydrogen-bond acceptors (Lipinski definition) is 2. The van der Waals surface area contributed by atoms with Gasteiger partial charge in [-0.25, -0.2) is 4.79 Å². The molecular weight excluding hydrogens is 288 g/mol. The maximum atomic E-state index is 11.8. The molecule has 130 valence electrons. The van der Waals surface area contributed by atoms with E-state index >= 15 is 0 Å². The highest BCUT2D eigenvalue weighted by molar-refractivity contribution is 5.89.